The summed E-state index contributed by atoms with van der Waals surface area (Å²) in [6.45, 7) is 5.14. The van der Waals surface area contributed by atoms with Gasteiger partial charge in [0, 0.05) is 18.7 Å². The highest BCUT2D eigenvalue weighted by Gasteiger charge is 2.38. The molecule has 0 saturated heterocycles. The van der Waals surface area contributed by atoms with Crippen molar-refractivity contribution in [2.75, 3.05) is 13.1 Å². The van der Waals surface area contributed by atoms with Crippen molar-refractivity contribution in [3.05, 3.63) is 70.8 Å². The molecule has 7 heteroatoms. The Morgan fingerprint density at radius 2 is 1.43 bits per heavy atom. The van der Waals surface area contributed by atoms with Crippen LogP contribution in [0.4, 0.5) is 0 Å². The molecule has 7 nitrogen and oxygen atoms in total. The number of hydroxylamine groups is 2. The lowest BCUT2D eigenvalue weighted by molar-refractivity contribution is -0.0584. The van der Waals surface area contributed by atoms with Crippen LogP contribution in [0.3, 0.4) is 0 Å². The molecule has 144 valence electrons. The maximum absolute atomic E-state index is 12.4. The monoisotopic (exact) mass is 380 g/mol. The van der Waals surface area contributed by atoms with Crippen LogP contribution in [-0.4, -0.2) is 46.7 Å². The molecule has 2 aromatic rings. The molecule has 2 aromatic carbocycles. The van der Waals surface area contributed by atoms with Gasteiger partial charge >= 0.3 is 5.97 Å². The van der Waals surface area contributed by atoms with Gasteiger partial charge in [0.05, 0.1) is 16.7 Å². The van der Waals surface area contributed by atoms with Crippen molar-refractivity contribution in [1.82, 2.24) is 9.96 Å². The zero-order valence-corrected chi connectivity index (χ0v) is 15.7. The normalized spacial score (nSPS) is 12.7. The predicted octanol–water partition coefficient (Wildman–Crippen LogP) is 2.93. The fourth-order valence-electron chi connectivity index (χ4n) is 2.99. The number of imide groups is 1. The van der Waals surface area contributed by atoms with Gasteiger partial charge in [-0.3, -0.25) is 14.4 Å². The summed E-state index contributed by atoms with van der Waals surface area (Å²) in [4.78, 5) is 56.1. The molecular formula is C21H20N2O5. The summed E-state index contributed by atoms with van der Waals surface area (Å²) < 4.78 is 0. The van der Waals surface area contributed by atoms with Crippen molar-refractivity contribution in [2.24, 2.45) is 0 Å². The number of rotatable bonds is 6. The van der Waals surface area contributed by atoms with Crippen LogP contribution in [0.15, 0.2) is 48.5 Å². The molecule has 1 aliphatic heterocycles. The van der Waals surface area contributed by atoms with E-state index in [2.05, 4.69) is 0 Å². The third-order valence-electron chi connectivity index (χ3n) is 4.46. The van der Waals surface area contributed by atoms with Gasteiger partial charge in [0.15, 0.2) is 0 Å². The van der Waals surface area contributed by atoms with Gasteiger partial charge in [-0.2, -0.15) is 0 Å². The molecule has 0 bridgehead atoms. The molecule has 0 atom stereocenters. The van der Waals surface area contributed by atoms with E-state index >= 15 is 0 Å². The highest BCUT2D eigenvalue weighted by atomic mass is 16.7. The second-order valence-corrected chi connectivity index (χ2v) is 6.29. The Hall–Kier alpha value is -3.48. The summed E-state index contributed by atoms with van der Waals surface area (Å²) in [5, 5.41) is 0.464. The molecule has 0 aliphatic carbocycles. The summed E-state index contributed by atoms with van der Waals surface area (Å²) in [7, 11) is 0. The number of benzene rings is 2. The largest absolute Gasteiger partial charge is 0.363 e. The Balaban J connectivity index is 1.72. The highest BCUT2D eigenvalue weighted by molar-refractivity contribution is 6.21. The van der Waals surface area contributed by atoms with Crippen molar-refractivity contribution in [3.63, 3.8) is 0 Å². The van der Waals surface area contributed by atoms with E-state index < -0.39 is 17.8 Å². The predicted molar refractivity (Wildman–Crippen MR) is 101 cm³/mol. The lowest BCUT2D eigenvalue weighted by Gasteiger charge is -2.20. The zero-order chi connectivity index (χ0) is 20.3. The summed E-state index contributed by atoms with van der Waals surface area (Å²) in [6.07, 6.45) is 0.851. The number of carbonyl (C=O) groups excluding carboxylic acids is 4. The number of carbonyl (C=O) groups is 4. The number of hydrogen-bond acceptors (Lipinski definition) is 5. The fourth-order valence-corrected chi connectivity index (χ4v) is 2.99. The molecule has 0 aromatic heterocycles. The fraction of sp³-hybridized carbons (Fsp3) is 0.238. The lowest BCUT2D eigenvalue weighted by Crippen LogP contribution is -2.33. The van der Waals surface area contributed by atoms with Crippen LogP contribution in [-0.2, 0) is 4.84 Å². The first-order valence-corrected chi connectivity index (χ1v) is 9.07. The lowest BCUT2D eigenvalue weighted by atomic mass is 10.1. The second-order valence-electron chi connectivity index (χ2n) is 6.29. The first-order valence-electron chi connectivity index (χ1n) is 9.07. The molecule has 0 spiro atoms. The van der Waals surface area contributed by atoms with Crippen molar-refractivity contribution in [1.29, 1.82) is 0 Å². The molecule has 1 aliphatic rings. The second kappa shape index (κ2) is 8.04. The maximum atomic E-state index is 12.4. The van der Waals surface area contributed by atoms with Crippen LogP contribution in [0.2, 0.25) is 0 Å². The van der Waals surface area contributed by atoms with E-state index in [0.717, 1.165) is 6.42 Å². The summed E-state index contributed by atoms with van der Waals surface area (Å²) >= 11 is 0. The molecule has 1 heterocycles. The molecule has 28 heavy (non-hydrogen) atoms. The van der Waals surface area contributed by atoms with Crippen molar-refractivity contribution in [3.8, 4) is 0 Å². The van der Waals surface area contributed by atoms with Crippen LogP contribution < -0.4 is 0 Å². The van der Waals surface area contributed by atoms with E-state index in [1.807, 2.05) is 13.8 Å². The van der Waals surface area contributed by atoms with Gasteiger partial charge in [0.2, 0.25) is 0 Å². The molecule has 0 fully saturated rings. The zero-order valence-electron chi connectivity index (χ0n) is 15.7. The molecule has 3 amide bonds. The van der Waals surface area contributed by atoms with Crippen LogP contribution in [0, 0.1) is 0 Å². The minimum atomic E-state index is -0.852. The Morgan fingerprint density at radius 3 is 1.93 bits per heavy atom. The van der Waals surface area contributed by atoms with Gasteiger partial charge in [-0.25, -0.2) is 4.79 Å². The molecule has 0 unspecified atom stereocenters. The molecule has 0 saturated carbocycles. The van der Waals surface area contributed by atoms with Crippen molar-refractivity contribution >= 4 is 23.7 Å². The van der Waals surface area contributed by atoms with Crippen molar-refractivity contribution in [2.45, 2.75) is 20.3 Å². The summed E-state index contributed by atoms with van der Waals surface area (Å²) in [6, 6.07) is 12.2. The van der Waals surface area contributed by atoms with E-state index in [9.17, 15) is 19.2 Å². The van der Waals surface area contributed by atoms with Gasteiger partial charge < -0.3 is 9.74 Å². The Morgan fingerprint density at radius 1 is 0.893 bits per heavy atom. The summed E-state index contributed by atoms with van der Waals surface area (Å²) in [5.74, 6) is -2.34. The van der Waals surface area contributed by atoms with Crippen LogP contribution >= 0.6 is 0 Å². The van der Waals surface area contributed by atoms with E-state index in [1.165, 1.54) is 36.4 Å². The third kappa shape index (κ3) is 3.51. The minimum absolute atomic E-state index is 0.121. The van der Waals surface area contributed by atoms with Crippen LogP contribution in [0.5, 0.6) is 0 Å². The van der Waals surface area contributed by atoms with Gasteiger partial charge in [0.1, 0.15) is 0 Å². The van der Waals surface area contributed by atoms with E-state index in [1.54, 1.807) is 17.0 Å². The maximum Gasteiger partial charge on any atom is 0.363 e. The van der Waals surface area contributed by atoms with Gasteiger partial charge in [0.25, 0.3) is 17.7 Å². The number of nitrogens with zero attached hydrogens (tertiary/aromatic N) is 2. The highest BCUT2D eigenvalue weighted by Crippen LogP contribution is 2.23. The first kappa shape index (κ1) is 19.3. The van der Waals surface area contributed by atoms with Gasteiger partial charge in [-0.1, -0.05) is 24.1 Å². The van der Waals surface area contributed by atoms with Crippen LogP contribution in [0.25, 0.3) is 0 Å². The number of amides is 3. The Labute approximate surface area is 162 Å². The average molecular weight is 380 g/mol. The average Bonchev–Trinajstić information content (AvgIpc) is 2.96. The quantitative estimate of drug-likeness (QED) is 0.720. The van der Waals surface area contributed by atoms with E-state index in [-0.39, 0.29) is 22.6 Å². The molecule has 0 radical (unpaired) electrons. The molecule has 0 N–H and O–H groups in total. The first-order chi connectivity index (χ1) is 13.5. The number of hydrogen-bond donors (Lipinski definition) is 0. The van der Waals surface area contributed by atoms with Crippen LogP contribution in [0.1, 0.15) is 61.7 Å². The Kier molecular flexibility index (Phi) is 5.54. The molecular weight excluding hydrogens is 360 g/mol. The minimum Gasteiger partial charge on any atom is -0.339 e. The SMILES string of the molecule is CCCN(CC)C(=O)c1ccc(C(=O)ON2C(=O)c3ccccc3C2=O)cc1. The van der Waals surface area contributed by atoms with Gasteiger partial charge in [-0.05, 0) is 49.7 Å². The number of fused-ring (bicyclic) bond motifs is 1. The topological polar surface area (TPSA) is 84.0 Å². The Bertz CT molecular complexity index is 901. The molecule has 3 rings (SSSR count). The smallest absolute Gasteiger partial charge is 0.339 e. The van der Waals surface area contributed by atoms with E-state index in [4.69, 9.17) is 4.84 Å². The van der Waals surface area contributed by atoms with Gasteiger partial charge in [-0.15, -0.1) is 0 Å². The van der Waals surface area contributed by atoms with Crippen molar-refractivity contribution < 1.29 is 24.0 Å². The summed E-state index contributed by atoms with van der Waals surface area (Å²) in [5.41, 5.74) is 0.966. The van der Waals surface area contributed by atoms with E-state index in [0.29, 0.717) is 23.7 Å². The standard InChI is InChI=1S/C21H20N2O5/c1-3-13-22(4-2)18(24)14-9-11-15(12-10-14)21(27)28-23-19(25)16-7-5-6-8-17(16)20(23)26/h5-12H,3-4,13H2,1-2H3. The third-order valence-corrected chi connectivity index (χ3v) is 4.46.